The van der Waals surface area contributed by atoms with Crippen LogP contribution in [0.1, 0.15) is 46.3 Å². The molecule has 2 aromatic carbocycles. The molecule has 0 radical (unpaired) electrons. The number of carbonyl (C=O) groups is 1. The summed E-state index contributed by atoms with van der Waals surface area (Å²) in [4.78, 5) is 12.2. The fraction of sp³-hybridized carbons (Fsp3) is 0.350. The molecular formula is C20H21F2NOS. The summed E-state index contributed by atoms with van der Waals surface area (Å²) in [5, 5.41) is 0. The fourth-order valence-electron chi connectivity index (χ4n) is 3.35. The number of thioether (sulfide) groups is 1. The minimum Gasteiger partial charge on any atom is -0.366 e. The van der Waals surface area contributed by atoms with E-state index in [4.69, 9.17) is 5.73 Å². The first-order valence-electron chi connectivity index (χ1n) is 8.39. The zero-order chi connectivity index (χ0) is 18.1. The van der Waals surface area contributed by atoms with E-state index in [1.807, 2.05) is 19.2 Å². The van der Waals surface area contributed by atoms with Crippen LogP contribution in [-0.2, 0) is 12.8 Å². The van der Waals surface area contributed by atoms with Gasteiger partial charge >= 0.3 is 0 Å². The Kier molecular flexibility index (Phi) is 5.13. The van der Waals surface area contributed by atoms with Crippen molar-refractivity contribution in [1.82, 2.24) is 0 Å². The molecule has 1 aliphatic rings. The number of aryl methyl sites for hydroxylation is 1. The average Bonchev–Trinajstić information content (AvgIpc) is 3.35. The standard InChI is InChI=1S/C20H21F2NOS/c1-3-11-9-19(25-2)16(10-18(11)22)15-7-14(15)6-12-4-5-13(20(23)24)8-17(12)21/h4-5,8-10,14-15H,3,6-7H2,1-2H3,(H2,23,24). The molecule has 3 rings (SSSR count). The third-order valence-corrected chi connectivity index (χ3v) is 5.71. The molecule has 0 bridgehead atoms. The summed E-state index contributed by atoms with van der Waals surface area (Å²) in [5.41, 5.74) is 7.69. The largest absolute Gasteiger partial charge is 0.366 e. The lowest BCUT2D eigenvalue weighted by Crippen LogP contribution is -2.11. The highest BCUT2D eigenvalue weighted by atomic mass is 32.2. The van der Waals surface area contributed by atoms with Crippen molar-refractivity contribution in [3.63, 3.8) is 0 Å². The number of hydrogen-bond acceptors (Lipinski definition) is 2. The SMILES string of the molecule is CCc1cc(SC)c(C2CC2Cc2ccc(C(N)=O)cc2F)cc1F. The first-order chi connectivity index (χ1) is 11.9. The van der Waals surface area contributed by atoms with Crippen LogP contribution >= 0.6 is 11.8 Å². The van der Waals surface area contributed by atoms with Gasteiger partial charge in [0.15, 0.2) is 0 Å². The summed E-state index contributed by atoms with van der Waals surface area (Å²) in [7, 11) is 0. The van der Waals surface area contributed by atoms with Crippen molar-refractivity contribution in [2.24, 2.45) is 11.7 Å². The van der Waals surface area contributed by atoms with E-state index in [1.165, 1.54) is 6.07 Å². The Labute approximate surface area is 150 Å². The molecule has 2 nitrogen and oxygen atoms in total. The molecule has 2 unspecified atom stereocenters. The highest BCUT2D eigenvalue weighted by Gasteiger charge is 2.40. The van der Waals surface area contributed by atoms with E-state index in [-0.39, 0.29) is 17.3 Å². The van der Waals surface area contributed by atoms with Crippen molar-refractivity contribution in [3.8, 4) is 0 Å². The maximum atomic E-state index is 14.2. The van der Waals surface area contributed by atoms with Crippen molar-refractivity contribution in [1.29, 1.82) is 0 Å². The van der Waals surface area contributed by atoms with Crippen LogP contribution in [0.15, 0.2) is 35.2 Å². The van der Waals surface area contributed by atoms with E-state index < -0.39 is 11.7 Å². The molecule has 1 amide bonds. The van der Waals surface area contributed by atoms with Gasteiger partial charge in [0.05, 0.1) is 0 Å². The summed E-state index contributed by atoms with van der Waals surface area (Å²) in [6.07, 6.45) is 4.18. The van der Waals surface area contributed by atoms with Crippen LogP contribution in [0.2, 0.25) is 0 Å². The number of nitrogens with two attached hydrogens (primary N) is 1. The zero-order valence-electron chi connectivity index (χ0n) is 14.3. The number of hydrogen-bond donors (Lipinski definition) is 1. The van der Waals surface area contributed by atoms with E-state index >= 15 is 0 Å². The number of benzene rings is 2. The van der Waals surface area contributed by atoms with E-state index in [2.05, 4.69) is 0 Å². The normalized spacial score (nSPS) is 19.0. The van der Waals surface area contributed by atoms with Crippen LogP contribution in [0.4, 0.5) is 8.78 Å². The maximum Gasteiger partial charge on any atom is 0.248 e. The molecule has 0 aromatic heterocycles. The quantitative estimate of drug-likeness (QED) is 0.758. The molecule has 132 valence electrons. The minimum absolute atomic E-state index is 0.155. The highest BCUT2D eigenvalue weighted by Crippen LogP contribution is 2.52. The van der Waals surface area contributed by atoms with Crippen molar-refractivity contribution in [3.05, 3.63) is 64.2 Å². The van der Waals surface area contributed by atoms with Gasteiger partial charge in [-0.25, -0.2) is 8.78 Å². The molecule has 1 aliphatic carbocycles. The number of carbonyl (C=O) groups excluding carboxylic acids is 1. The van der Waals surface area contributed by atoms with Gasteiger partial charge in [0.25, 0.3) is 0 Å². The van der Waals surface area contributed by atoms with Crippen LogP contribution in [0.5, 0.6) is 0 Å². The molecule has 0 spiro atoms. The van der Waals surface area contributed by atoms with E-state index in [0.717, 1.165) is 22.4 Å². The van der Waals surface area contributed by atoms with Crippen LogP contribution in [0.3, 0.4) is 0 Å². The first kappa shape index (κ1) is 17.9. The van der Waals surface area contributed by atoms with Crippen molar-refractivity contribution >= 4 is 17.7 Å². The number of rotatable bonds is 6. The summed E-state index contributed by atoms with van der Waals surface area (Å²) in [6.45, 7) is 1.95. The second-order valence-electron chi connectivity index (χ2n) is 6.52. The lowest BCUT2D eigenvalue weighted by atomic mass is 10.0. The summed E-state index contributed by atoms with van der Waals surface area (Å²) in [5.74, 6) is -0.631. The second kappa shape index (κ2) is 7.16. The Morgan fingerprint density at radius 3 is 2.52 bits per heavy atom. The number of halogens is 2. The predicted octanol–water partition coefficient (Wildman–Crippen LogP) is 4.69. The molecule has 1 fully saturated rings. The number of primary amides is 1. The van der Waals surface area contributed by atoms with Gasteiger partial charge in [-0.3, -0.25) is 4.79 Å². The third-order valence-electron chi connectivity index (χ3n) is 4.92. The van der Waals surface area contributed by atoms with Crippen molar-refractivity contribution in [2.45, 2.75) is 37.0 Å². The topological polar surface area (TPSA) is 43.1 Å². The molecule has 1 saturated carbocycles. The Morgan fingerprint density at radius 1 is 1.20 bits per heavy atom. The Bertz CT molecular complexity index is 822. The number of amides is 1. The predicted molar refractivity (Wildman–Crippen MR) is 97.0 cm³/mol. The van der Waals surface area contributed by atoms with Gasteiger partial charge in [-0.1, -0.05) is 13.0 Å². The average molecular weight is 361 g/mol. The minimum atomic E-state index is -0.633. The van der Waals surface area contributed by atoms with Crippen molar-refractivity contribution in [2.75, 3.05) is 6.26 Å². The second-order valence-corrected chi connectivity index (χ2v) is 7.36. The van der Waals surface area contributed by atoms with E-state index in [9.17, 15) is 13.6 Å². The van der Waals surface area contributed by atoms with Gasteiger partial charge in [0, 0.05) is 10.5 Å². The molecule has 25 heavy (non-hydrogen) atoms. The maximum absolute atomic E-state index is 14.2. The van der Waals surface area contributed by atoms with E-state index in [0.29, 0.717) is 24.3 Å². The molecule has 2 aromatic rings. The van der Waals surface area contributed by atoms with Gasteiger partial charge in [0.1, 0.15) is 11.6 Å². The third kappa shape index (κ3) is 3.71. The van der Waals surface area contributed by atoms with Crippen LogP contribution in [-0.4, -0.2) is 12.2 Å². The van der Waals surface area contributed by atoms with Crippen LogP contribution in [0.25, 0.3) is 0 Å². The Morgan fingerprint density at radius 2 is 1.92 bits per heavy atom. The lowest BCUT2D eigenvalue weighted by Gasteiger charge is -2.11. The van der Waals surface area contributed by atoms with Gasteiger partial charge in [-0.2, -0.15) is 0 Å². The van der Waals surface area contributed by atoms with Crippen LogP contribution < -0.4 is 5.73 Å². The van der Waals surface area contributed by atoms with Gasteiger partial charge < -0.3 is 5.73 Å². The zero-order valence-corrected chi connectivity index (χ0v) is 15.1. The van der Waals surface area contributed by atoms with E-state index in [1.54, 1.807) is 30.0 Å². The molecule has 0 aliphatic heterocycles. The first-order valence-corrected chi connectivity index (χ1v) is 9.61. The van der Waals surface area contributed by atoms with Gasteiger partial charge in [-0.05, 0) is 78.3 Å². The smallest absolute Gasteiger partial charge is 0.248 e. The summed E-state index contributed by atoms with van der Waals surface area (Å²) >= 11 is 1.63. The summed E-state index contributed by atoms with van der Waals surface area (Å²) < 4.78 is 28.3. The molecule has 2 atom stereocenters. The molecule has 2 N–H and O–H groups in total. The van der Waals surface area contributed by atoms with Gasteiger partial charge in [0.2, 0.25) is 5.91 Å². The van der Waals surface area contributed by atoms with Crippen LogP contribution in [0, 0.1) is 17.6 Å². The Balaban J connectivity index is 1.77. The van der Waals surface area contributed by atoms with Gasteiger partial charge in [-0.15, -0.1) is 11.8 Å². The molecule has 0 saturated heterocycles. The monoisotopic (exact) mass is 361 g/mol. The summed E-state index contributed by atoms with van der Waals surface area (Å²) in [6, 6.07) is 7.97. The fourth-order valence-corrected chi connectivity index (χ4v) is 4.06. The van der Waals surface area contributed by atoms with Crippen molar-refractivity contribution < 1.29 is 13.6 Å². The lowest BCUT2D eigenvalue weighted by molar-refractivity contribution is 0.1000. The molecule has 5 heteroatoms. The Hall–Kier alpha value is -1.88. The highest BCUT2D eigenvalue weighted by molar-refractivity contribution is 7.98. The molecule has 0 heterocycles. The molecular weight excluding hydrogens is 340 g/mol.